The topological polar surface area (TPSA) is 52.5 Å². The smallest absolute Gasteiger partial charge is 0.140 e. The van der Waals surface area contributed by atoms with E-state index < -0.39 is 0 Å². The average Bonchev–Trinajstić information content (AvgIpc) is 2.85. The first-order valence-electron chi connectivity index (χ1n) is 6.39. The van der Waals surface area contributed by atoms with Gasteiger partial charge in [0.25, 0.3) is 0 Å². The van der Waals surface area contributed by atoms with Crippen LogP contribution < -0.4 is 4.90 Å². The zero-order chi connectivity index (χ0) is 12.5. The van der Waals surface area contributed by atoms with Gasteiger partial charge in [0, 0.05) is 25.7 Å². The molecule has 0 saturated carbocycles. The van der Waals surface area contributed by atoms with E-state index in [2.05, 4.69) is 19.8 Å². The molecule has 0 bridgehead atoms. The quantitative estimate of drug-likeness (QED) is 0.808. The molecular formula is C12H17ClN4O. The van der Waals surface area contributed by atoms with E-state index in [1.807, 2.05) is 0 Å². The summed E-state index contributed by atoms with van der Waals surface area (Å²) in [5, 5.41) is 9.77. The Morgan fingerprint density at radius 1 is 1.33 bits per heavy atom. The van der Waals surface area contributed by atoms with Crippen molar-refractivity contribution in [3.63, 3.8) is 0 Å². The molecule has 0 radical (unpaired) electrons. The molecule has 0 amide bonds. The van der Waals surface area contributed by atoms with Crippen LogP contribution in [-0.2, 0) is 6.61 Å². The summed E-state index contributed by atoms with van der Waals surface area (Å²) in [7, 11) is 0. The number of anilines is 1. The molecule has 2 fully saturated rings. The summed E-state index contributed by atoms with van der Waals surface area (Å²) in [6.07, 6.45) is 4.01. The van der Waals surface area contributed by atoms with Gasteiger partial charge < -0.3 is 10.0 Å². The highest BCUT2D eigenvalue weighted by atomic mass is 35.5. The van der Waals surface area contributed by atoms with E-state index in [1.54, 1.807) is 0 Å². The van der Waals surface area contributed by atoms with Crippen molar-refractivity contribution in [3.8, 4) is 0 Å². The van der Waals surface area contributed by atoms with Crippen LogP contribution in [0, 0.1) is 0 Å². The van der Waals surface area contributed by atoms with Crippen molar-refractivity contribution in [2.75, 3.05) is 31.1 Å². The lowest BCUT2D eigenvalue weighted by Gasteiger charge is -2.38. The maximum atomic E-state index is 9.42. The number of aliphatic hydroxyl groups is 1. The molecule has 5 nitrogen and oxygen atoms in total. The van der Waals surface area contributed by atoms with Crippen LogP contribution in [0.5, 0.6) is 0 Å². The number of fused-ring (bicyclic) bond motifs is 1. The predicted molar refractivity (Wildman–Crippen MR) is 69.8 cm³/mol. The molecule has 2 saturated heterocycles. The maximum Gasteiger partial charge on any atom is 0.140 e. The minimum absolute atomic E-state index is 0.111. The lowest BCUT2D eigenvalue weighted by molar-refractivity contribution is 0.229. The fourth-order valence-electron chi connectivity index (χ4n) is 2.97. The van der Waals surface area contributed by atoms with E-state index in [1.165, 1.54) is 25.7 Å². The van der Waals surface area contributed by atoms with Gasteiger partial charge in [0.2, 0.25) is 0 Å². The fraction of sp³-hybridized carbons (Fsp3) is 0.667. The van der Waals surface area contributed by atoms with Crippen LogP contribution in [-0.4, -0.2) is 52.2 Å². The van der Waals surface area contributed by atoms with Gasteiger partial charge in [0.15, 0.2) is 0 Å². The molecule has 3 rings (SSSR count). The van der Waals surface area contributed by atoms with Gasteiger partial charge >= 0.3 is 0 Å². The van der Waals surface area contributed by atoms with Crippen molar-refractivity contribution in [3.05, 3.63) is 17.0 Å². The van der Waals surface area contributed by atoms with E-state index in [4.69, 9.17) is 11.6 Å². The van der Waals surface area contributed by atoms with Crippen LogP contribution in [0.15, 0.2) is 6.33 Å². The molecule has 2 aliphatic rings. The molecule has 0 aliphatic carbocycles. The van der Waals surface area contributed by atoms with Crippen molar-refractivity contribution in [1.82, 2.24) is 14.9 Å². The zero-order valence-electron chi connectivity index (χ0n) is 10.2. The Labute approximate surface area is 111 Å². The van der Waals surface area contributed by atoms with Crippen LogP contribution in [0.4, 0.5) is 5.82 Å². The monoisotopic (exact) mass is 268 g/mol. The van der Waals surface area contributed by atoms with Crippen LogP contribution >= 0.6 is 11.6 Å². The Balaban J connectivity index is 1.84. The first-order valence-corrected chi connectivity index (χ1v) is 6.76. The lowest BCUT2D eigenvalue weighted by atomic mass is 10.1. The molecule has 0 spiro atoms. The van der Waals surface area contributed by atoms with Crippen LogP contribution in [0.1, 0.15) is 18.4 Å². The molecular weight excluding hydrogens is 252 g/mol. The summed E-state index contributed by atoms with van der Waals surface area (Å²) in [4.78, 5) is 13.0. The van der Waals surface area contributed by atoms with Gasteiger partial charge in [-0.05, 0) is 19.4 Å². The van der Waals surface area contributed by atoms with Gasteiger partial charge in [-0.1, -0.05) is 11.6 Å². The maximum absolute atomic E-state index is 9.42. The van der Waals surface area contributed by atoms with E-state index in [0.29, 0.717) is 16.8 Å². The first-order chi connectivity index (χ1) is 8.79. The standard InChI is InChI=1S/C12H17ClN4O/c13-11-10(7-18)12(15-8-14-11)17-5-4-16-3-1-2-9(16)6-17/h8-9,18H,1-7H2. The van der Waals surface area contributed by atoms with Crippen molar-refractivity contribution >= 4 is 17.4 Å². The molecule has 1 aromatic rings. The second kappa shape index (κ2) is 4.99. The highest BCUT2D eigenvalue weighted by Gasteiger charge is 2.32. The minimum Gasteiger partial charge on any atom is -0.391 e. The molecule has 6 heteroatoms. The van der Waals surface area contributed by atoms with E-state index in [-0.39, 0.29) is 6.61 Å². The number of aromatic nitrogens is 2. The van der Waals surface area contributed by atoms with E-state index in [9.17, 15) is 5.11 Å². The second-order valence-electron chi connectivity index (χ2n) is 4.90. The summed E-state index contributed by atoms with van der Waals surface area (Å²) in [5.74, 6) is 0.795. The zero-order valence-corrected chi connectivity index (χ0v) is 11.0. The van der Waals surface area contributed by atoms with Gasteiger partial charge in [-0.25, -0.2) is 9.97 Å². The Kier molecular flexibility index (Phi) is 3.37. The van der Waals surface area contributed by atoms with Crippen LogP contribution in [0.3, 0.4) is 0 Å². The molecule has 1 N–H and O–H groups in total. The average molecular weight is 269 g/mol. The largest absolute Gasteiger partial charge is 0.391 e. The number of rotatable bonds is 2. The van der Waals surface area contributed by atoms with Gasteiger partial charge in [-0.2, -0.15) is 0 Å². The highest BCUT2D eigenvalue weighted by Crippen LogP contribution is 2.28. The molecule has 2 aliphatic heterocycles. The molecule has 1 unspecified atom stereocenters. The third-order valence-corrected chi connectivity index (χ3v) is 4.24. The molecule has 18 heavy (non-hydrogen) atoms. The first kappa shape index (κ1) is 12.1. The number of hydrogen-bond donors (Lipinski definition) is 1. The Morgan fingerprint density at radius 3 is 3.06 bits per heavy atom. The SMILES string of the molecule is OCc1c(Cl)ncnc1N1CCN2CCCC2C1. The van der Waals surface area contributed by atoms with E-state index >= 15 is 0 Å². The van der Waals surface area contributed by atoms with Gasteiger partial charge in [-0.15, -0.1) is 0 Å². The fourth-order valence-corrected chi connectivity index (χ4v) is 3.16. The summed E-state index contributed by atoms with van der Waals surface area (Å²) in [6, 6.07) is 0.624. The van der Waals surface area contributed by atoms with Crippen molar-refractivity contribution < 1.29 is 5.11 Å². The van der Waals surface area contributed by atoms with Crippen molar-refractivity contribution in [2.45, 2.75) is 25.5 Å². The number of piperazine rings is 1. The van der Waals surface area contributed by atoms with Crippen LogP contribution in [0.2, 0.25) is 5.15 Å². The number of hydrogen-bond acceptors (Lipinski definition) is 5. The number of nitrogens with zero attached hydrogens (tertiary/aromatic N) is 4. The molecule has 98 valence electrons. The Morgan fingerprint density at radius 2 is 2.22 bits per heavy atom. The van der Waals surface area contributed by atoms with Crippen LogP contribution in [0.25, 0.3) is 0 Å². The van der Waals surface area contributed by atoms with Gasteiger partial charge in [0.05, 0.1) is 12.2 Å². The predicted octanol–water partition coefficient (Wildman–Crippen LogP) is 0.907. The van der Waals surface area contributed by atoms with E-state index in [0.717, 1.165) is 25.5 Å². The Bertz CT molecular complexity index is 442. The summed E-state index contributed by atoms with van der Waals surface area (Å²) >= 11 is 6.01. The number of halogens is 1. The number of aliphatic hydroxyl groups excluding tert-OH is 1. The molecule has 3 heterocycles. The Hall–Kier alpha value is -0.910. The summed E-state index contributed by atoms with van der Waals surface area (Å²) in [5.41, 5.74) is 0.644. The highest BCUT2D eigenvalue weighted by molar-refractivity contribution is 6.30. The lowest BCUT2D eigenvalue weighted by Crippen LogP contribution is -2.50. The molecule has 1 atom stereocenters. The van der Waals surface area contributed by atoms with Gasteiger partial charge in [0.1, 0.15) is 17.3 Å². The third kappa shape index (κ3) is 2.06. The summed E-state index contributed by atoms with van der Waals surface area (Å²) in [6.45, 7) is 4.09. The van der Waals surface area contributed by atoms with Crippen molar-refractivity contribution in [2.24, 2.45) is 0 Å². The second-order valence-corrected chi connectivity index (χ2v) is 5.26. The minimum atomic E-state index is -0.111. The van der Waals surface area contributed by atoms with Gasteiger partial charge in [-0.3, -0.25) is 4.90 Å². The normalized spacial score (nSPS) is 24.3. The van der Waals surface area contributed by atoms with Crippen molar-refractivity contribution in [1.29, 1.82) is 0 Å². The molecule has 0 aromatic carbocycles. The molecule has 1 aromatic heterocycles. The third-order valence-electron chi connectivity index (χ3n) is 3.92. The summed E-state index contributed by atoms with van der Waals surface area (Å²) < 4.78 is 0.